The molecule has 3 aromatic carbocycles. The van der Waals surface area contributed by atoms with Gasteiger partial charge in [0.15, 0.2) is 10.9 Å². The number of rotatable bonds is 12. The van der Waals surface area contributed by atoms with Gasteiger partial charge in [-0.2, -0.15) is 4.31 Å². The minimum absolute atomic E-state index is 0.220. The van der Waals surface area contributed by atoms with Crippen LogP contribution in [-0.2, 0) is 10.0 Å². The number of ketones is 1. The predicted molar refractivity (Wildman–Crippen MR) is 157 cm³/mol. The second-order valence-electron chi connectivity index (χ2n) is 9.45. The molecule has 0 unspecified atom stereocenters. The monoisotopic (exact) mass is 563 g/mol. The number of nitrogens with one attached hydrogen (secondary N) is 1. The number of anilines is 1. The van der Waals surface area contributed by atoms with Gasteiger partial charge in [0.05, 0.1) is 20.7 Å². The van der Waals surface area contributed by atoms with E-state index in [9.17, 15) is 18.0 Å². The van der Waals surface area contributed by atoms with Gasteiger partial charge in [-0.05, 0) is 44.0 Å². The first-order valence-electron chi connectivity index (χ1n) is 13.2. The molecule has 0 aliphatic carbocycles. The molecule has 1 N–H and O–H groups in total. The summed E-state index contributed by atoms with van der Waals surface area (Å²) >= 11 is 1.20. The second kappa shape index (κ2) is 12.6. The van der Waals surface area contributed by atoms with E-state index in [1.54, 1.807) is 58.9 Å². The summed E-state index contributed by atoms with van der Waals surface area (Å²) in [6, 6.07) is 18.7. The van der Waals surface area contributed by atoms with Gasteiger partial charge < -0.3 is 0 Å². The lowest BCUT2D eigenvalue weighted by atomic mass is 9.97. The molecule has 0 aliphatic heterocycles. The molecule has 1 amide bonds. The summed E-state index contributed by atoms with van der Waals surface area (Å²) in [5.74, 6) is -0.695. The standard InChI is InChI=1S/C30H33N3O4S2/c1-4-6-18-33(19-7-5-2)39(36,37)23-16-17-26-27(20-23)38-30(31-26)32-29(35)25-11-9-8-10-24(25)28(34)22-14-12-21(3)13-15-22/h8-17,20H,4-7,18-19H2,1-3H3,(H,31,32,35). The fraction of sp³-hybridized carbons (Fsp3) is 0.300. The average molecular weight is 564 g/mol. The van der Waals surface area contributed by atoms with E-state index in [0.717, 1.165) is 31.2 Å². The summed E-state index contributed by atoms with van der Waals surface area (Å²) in [7, 11) is -3.65. The Kier molecular flexibility index (Phi) is 9.27. The minimum atomic E-state index is -3.65. The van der Waals surface area contributed by atoms with E-state index >= 15 is 0 Å². The van der Waals surface area contributed by atoms with Crippen molar-refractivity contribution in [1.29, 1.82) is 0 Å². The van der Waals surface area contributed by atoms with Crippen LogP contribution < -0.4 is 5.32 Å². The molecule has 0 saturated carbocycles. The number of hydrogen-bond donors (Lipinski definition) is 1. The Balaban J connectivity index is 1.58. The maximum absolute atomic E-state index is 13.4. The number of thiazole rings is 1. The number of amides is 1. The Morgan fingerprint density at radius 3 is 2.18 bits per heavy atom. The number of carbonyl (C=O) groups is 2. The predicted octanol–water partition coefficient (Wildman–Crippen LogP) is 6.68. The van der Waals surface area contributed by atoms with E-state index in [4.69, 9.17) is 0 Å². The van der Waals surface area contributed by atoms with Crippen molar-refractivity contribution in [3.05, 3.63) is 89.0 Å². The molecule has 0 spiro atoms. The number of hydrogen-bond acceptors (Lipinski definition) is 6. The number of carbonyl (C=O) groups excluding carboxylic acids is 2. The first-order chi connectivity index (χ1) is 18.7. The van der Waals surface area contributed by atoms with Gasteiger partial charge in [-0.15, -0.1) is 0 Å². The molecule has 0 saturated heterocycles. The van der Waals surface area contributed by atoms with Crippen molar-refractivity contribution < 1.29 is 18.0 Å². The van der Waals surface area contributed by atoms with Crippen molar-refractivity contribution in [3.8, 4) is 0 Å². The van der Waals surface area contributed by atoms with Crippen molar-refractivity contribution >= 4 is 48.4 Å². The molecular formula is C30H33N3O4S2. The number of unbranched alkanes of at least 4 members (excludes halogenated alkanes) is 2. The molecule has 9 heteroatoms. The molecule has 204 valence electrons. The molecule has 0 radical (unpaired) electrons. The Bertz CT molecular complexity index is 1570. The number of aryl methyl sites for hydroxylation is 1. The number of aromatic nitrogens is 1. The summed E-state index contributed by atoms with van der Waals surface area (Å²) in [5, 5.41) is 3.13. The zero-order valence-electron chi connectivity index (χ0n) is 22.4. The molecule has 0 fully saturated rings. The molecule has 4 aromatic rings. The Hall–Kier alpha value is -3.40. The van der Waals surface area contributed by atoms with E-state index < -0.39 is 15.9 Å². The summed E-state index contributed by atoms with van der Waals surface area (Å²) < 4.78 is 29.0. The summed E-state index contributed by atoms with van der Waals surface area (Å²) in [5.41, 5.74) is 2.67. The summed E-state index contributed by atoms with van der Waals surface area (Å²) in [4.78, 5) is 31.1. The third-order valence-electron chi connectivity index (χ3n) is 6.47. The topological polar surface area (TPSA) is 96.4 Å². The van der Waals surface area contributed by atoms with Crippen LogP contribution in [0.3, 0.4) is 0 Å². The van der Waals surface area contributed by atoms with E-state index in [0.29, 0.717) is 39.6 Å². The van der Waals surface area contributed by atoms with Gasteiger partial charge in [0, 0.05) is 24.2 Å². The van der Waals surface area contributed by atoms with Crippen molar-refractivity contribution in [3.63, 3.8) is 0 Å². The number of nitrogens with zero attached hydrogens (tertiary/aromatic N) is 2. The second-order valence-corrected chi connectivity index (χ2v) is 12.4. The lowest BCUT2D eigenvalue weighted by Crippen LogP contribution is -2.33. The van der Waals surface area contributed by atoms with E-state index in [-0.39, 0.29) is 16.2 Å². The zero-order chi connectivity index (χ0) is 28.0. The molecule has 4 rings (SSSR count). The average Bonchev–Trinajstić information content (AvgIpc) is 3.34. The lowest BCUT2D eigenvalue weighted by molar-refractivity contribution is 0.0996. The fourth-order valence-corrected chi connectivity index (χ4v) is 6.71. The highest BCUT2D eigenvalue weighted by atomic mass is 32.2. The van der Waals surface area contributed by atoms with Crippen LogP contribution in [0.4, 0.5) is 5.13 Å². The third kappa shape index (κ3) is 6.61. The van der Waals surface area contributed by atoms with Gasteiger partial charge in [-0.25, -0.2) is 13.4 Å². The Morgan fingerprint density at radius 1 is 0.897 bits per heavy atom. The normalized spacial score (nSPS) is 11.7. The Labute approximate surface area is 233 Å². The molecule has 0 atom stereocenters. The number of sulfonamides is 1. The van der Waals surface area contributed by atoms with Crippen LogP contribution in [-0.4, -0.2) is 42.5 Å². The highest BCUT2D eigenvalue weighted by Crippen LogP contribution is 2.30. The van der Waals surface area contributed by atoms with Crippen molar-refractivity contribution in [2.75, 3.05) is 18.4 Å². The van der Waals surface area contributed by atoms with Gasteiger partial charge in [0.1, 0.15) is 0 Å². The molecular weight excluding hydrogens is 530 g/mol. The fourth-order valence-electron chi connectivity index (χ4n) is 4.19. The van der Waals surface area contributed by atoms with Crippen molar-refractivity contribution in [1.82, 2.24) is 9.29 Å². The van der Waals surface area contributed by atoms with Crippen LogP contribution in [0.25, 0.3) is 10.2 Å². The van der Waals surface area contributed by atoms with Crippen LogP contribution in [0.1, 0.15) is 71.4 Å². The van der Waals surface area contributed by atoms with Crippen LogP contribution in [0.2, 0.25) is 0 Å². The highest BCUT2D eigenvalue weighted by molar-refractivity contribution is 7.89. The molecule has 39 heavy (non-hydrogen) atoms. The van der Waals surface area contributed by atoms with E-state index in [1.165, 1.54) is 11.3 Å². The van der Waals surface area contributed by atoms with E-state index in [2.05, 4.69) is 10.3 Å². The van der Waals surface area contributed by atoms with Crippen LogP contribution in [0.15, 0.2) is 71.6 Å². The first kappa shape index (κ1) is 28.6. The number of fused-ring (bicyclic) bond motifs is 1. The van der Waals surface area contributed by atoms with Crippen LogP contribution >= 0.6 is 11.3 Å². The largest absolute Gasteiger partial charge is 0.298 e. The van der Waals surface area contributed by atoms with Gasteiger partial charge in [-0.3, -0.25) is 14.9 Å². The maximum Gasteiger partial charge on any atom is 0.258 e. The van der Waals surface area contributed by atoms with Crippen LogP contribution in [0.5, 0.6) is 0 Å². The van der Waals surface area contributed by atoms with E-state index in [1.807, 2.05) is 32.9 Å². The number of benzene rings is 3. The van der Waals surface area contributed by atoms with Crippen LogP contribution in [0, 0.1) is 6.92 Å². The Morgan fingerprint density at radius 2 is 1.54 bits per heavy atom. The van der Waals surface area contributed by atoms with Gasteiger partial charge in [-0.1, -0.05) is 86.1 Å². The smallest absolute Gasteiger partial charge is 0.258 e. The van der Waals surface area contributed by atoms with Crippen molar-refractivity contribution in [2.45, 2.75) is 51.3 Å². The summed E-state index contributed by atoms with van der Waals surface area (Å²) in [6.07, 6.45) is 3.43. The maximum atomic E-state index is 13.4. The minimum Gasteiger partial charge on any atom is -0.298 e. The van der Waals surface area contributed by atoms with Crippen molar-refractivity contribution in [2.24, 2.45) is 0 Å². The first-order valence-corrected chi connectivity index (χ1v) is 15.4. The van der Waals surface area contributed by atoms with Gasteiger partial charge in [0.2, 0.25) is 10.0 Å². The lowest BCUT2D eigenvalue weighted by Gasteiger charge is -2.21. The third-order valence-corrected chi connectivity index (χ3v) is 9.30. The molecule has 0 bridgehead atoms. The summed E-state index contributed by atoms with van der Waals surface area (Å²) in [6.45, 7) is 7.01. The molecule has 0 aliphatic rings. The van der Waals surface area contributed by atoms with Gasteiger partial charge >= 0.3 is 0 Å². The van der Waals surface area contributed by atoms with Gasteiger partial charge in [0.25, 0.3) is 5.91 Å². The quantitative estimate of drug-likeness (QED) is 0.194. The molecule has 1 aromatic heterocycles. The SMILES string of the molecule is CCCCN(CCCC)S(=O)(=O)c1ccc2nc(NC(=O)c3ccccc3C(=O)c3ccc(C)cc3)sc2c1. The molecule has 7 nitrogen and oxygen atoms in total. The zero-order valence-corrected chi connectivity index (χ0v) is 24.1. The highest BCUT2D eigenvalue weighted by Gasteiger charge is 2.25. The molecule has 1 heterocycles.